The van der Waals surface area contributed by atoms with Gasteiger partial charge < -0.3 is 5.32 Å². The molecule has 0 aliphatic carbocycles. The summed E-state index contributed by atoms with van der Waals surface area (Å²) in [7, 11) is 0. The quantitative estimate of drug-likeness (QED) is 0.443. The predicted molar refractivity (Wildman–Crippen MR) is 90.1 cm³/mol. The first-order chi connectivity index (χ1) is 9.83. The number of benzene rings is 1. The summed E-state index contributed by atoms with van der Waals surface area (Å²) in [6.45, 7) is 6.85. The summed E-state index contributed by atoms with van der Waals surface area (Å²) in [5.74, 6) is 0.710. The SMILES string of the molecule is CCCNCCC/C=C/[C@H](C)CCCc1ccccc1. The second-order valence-electron chi connectivity index (χ2n) is 5.68. The summed E-state index contributed by atoms with van der Waals surface area (Å²) in [4.78, 5) is 0. The molecule has 1 aromatic carbocycles. The highest BCUT2D eigenvalue weighted by molar-refractivity contribution is 5.14. The molecule has 1 rings (SSSR count). The lowest BCUT2D eigenvalue weighted by Gasteiger charge is -2.06. The summed E-state index contributed by atoms with van der Waals surface area (Å²) >= 11 is 0. The van der Waals surface area contributed by atoms with E-state index < -0.39 is 0 Å². The second-order valence-corrected chi connectivity index (χ2v) is 5.68. The van der Waals surface area contributed by atoms with Gasteiger partial charge in [-0.2, -0.15) is 0 Å². The highest BCUT2D eigenvalue weighted by atomic mass is 14.8. The Balaban J connectivity index is 2.00. The third-order valence-electron chi connectivity index (χ3n) is 3.58. The maximum Gasteiger partial charge on any atom is -0.00460 e. The van der Waals surface area contributed by atoms with E-state index >= 15 is 0 Å². The largest absolute Gasteiger partial charge is 0.317 e. The van der Waals surface area contributed by atoms with Crippen LogP contribution >= 0.6 is 0 Å². The standard InChI is InChI=1S/C19H31N/c1-3-16-20-17-9-5-6-11-18(2)12-10-15-19-13-7-4-8-14-19/h4,6-8,11,13-14,18,20H,3,5,9-10,12,15-17H2,1-2H3/b11-6+/t18-/m0/s1. The molecule has 0 aliphatic rings. The normalized spacial score (nSPS) is 12.9. The molecule has 0 unspecified atom stereocenters. The lowest BCUT2D eigenvalue weighted by molar-refractivity contribution is 0.602. The molecule has 1 atom stereocenters. The Bertz CT molecular complexity index is 342. The Labute approximate surface area is 125 Å². The van der Waals surface area contributed by atoms with Crippen molar-refractivity contribution in [3.8, 4) is 0 Å². The van der Waals surface area contributed by atoms with Gasteiger partial charge in [-0.1, -0.05) is 56.3 Å². The Morgan fingerprint density at radius 2 is 1.90 bits per heavy atom. The minimum Gasteiger partial charge on any atom is -0.317 e. The van der Waals surface area contributed by atoms with Gasteiger partial charge in [-0.05, 0) is 63.1 Å². The van der Waals surface area contributed by atoms with Crippen LogP contribution in [0.4, 0.5) is 0 Å². The highest BCUT2D eigenvalue weighted by Crippen LogP contribution is 2.12. The van der Waals surface area contributed by atoms with Crippen molar-refractivity contribution in [1.29, 1.82) is 0 Å². The van der Waals surface area contributed by atoms with Gasteiger partial charge in [-0.15, -0.1) is 0 Å². The Kier molecular flexibility index (Phi) is 9.95. The van der Waals surface area contributed by atoms with Crippen molar-refractivity contribution in [3.05, 3.63) is 48.0 Å². The van der Waals surface area contributed by atoms with E-state index in [0.717, 1.165) is 13.1 Å². The predicted octanol–water partition coefficient (Wildman–Crippen LogP) is 4.98. The van der Waals surface area contributed by atoms with Gasteiger partial charge in [-0.25, -0.2) is 0 Å². The third kappa shape index (κ3) is 8.92. The molecule has 0 amide bonds. The first kappa shape index (κ1) is 17.0. The van der Waals surface area contributed by atoms with E-state index in [9.17, 15) is 0 Å². The summed E-state index contributed by atoms with van der Waals surface area (Å²) in [5, 5.41) is 3.44. The van der Waals surface area contributed by atoms with E-state index in [2.05, 4.69) is 61.6 Å². The van der Waals surface area contributed by atoms with Crippen LogP contribution in [-0.4, -0.2) is 13.1 Å². The van der Waals surface area contributed by atoms with Crippen LogP contribution in [0.2, 0.25) is 0 Å². The molecule has 1 heteroatoms. The van der Waals surface area contributed by atoms with Crippen LogP contribution < -0.4 is 5.32 Å². The maximum atomic E-state index is 3.44. The lowest BCUT2D eigenvalue weighted by atomic mass is 10.0. The van der Waals surface area contributed by atoms with E-state index in [-0.39, 0.29) is 0 Å². The van der Waals surface area contributed by atoms with Gasteiger partial charge in [0.1, 0.15) is 0 Å². The number of allylic oxidation sites excluding steroid dienone is 2. The number of hydrogen-bond acceptors (Lipinski definition) is 1. The van der Waals surface area contributed by atoms with Crippen molar-refractivity contribution < 1.29 is 0 Å². The molecule has 1 N–H and O–H groups in total. The Morgan fingerprint density at radius 1 is 1.10 bits per heavy atom. The van der Waals surface area contributed by atoms with E-state index in [0.29, 0.717) is 5.92 Å². The molecule has 112 valence electrons. The fraction of sp³-hybridized carbons (Fsp3) is 0.579. The van der Waals surface area contributed by atoms with Crippen LogP contribution in [0.1, 0.15) is 51.5 Å². The topological polar surface area (TPSA) is 12.0 Å². The van der Waals surface area contributed by atoms with Gasteiger partial charge in [0.05, 0.1) is 0 Å². The molecule has 0 aliphatic heterocycles. The van der Waals surface area contributed by atoms with Crippen LogP contribution in [0.15, 0.2) is 42.5 Å². The molecule has 0 fully saturated rings. The zero-order chi connectivity index (χ0) is 14.5. The van der Waals surface area contributed by atoms with Crippen molar-refractivity contribution in [2.75, 3.05) is 13.1 Å². The average Bonchev–Trinajstić information content (AvgIpc) is 2.47. The van der Waals surface area contributed by atoms with Crippen LogP contribution in [-0.2, 0) is 6.42 Å². The highest BCUT2D eigenvalue weighted by Gasteiger charge is 1.98. The van der Waals surface area contributed by atoms with Crippen LogP contribution in [0.5, 0.6) is 0 Å². The lowest BCUT2D eigenvalue weighted by Crippen LogP contribution is -2.15. The number of rotatable bonds is 11. The first-order valence-electron chi connectivity index (χ1n) is 8.24. The fourth-order valence-corrected chi connectivity index (χ4v) is 2.34. The molecule has 20 heavy (non-hydrogen) atoms. The molecule has 0 saturated carbocycles. The molecule has 0 heterocycles. The first-order valence-corrected chi connectivity index (χ1v) is 8.24. The minimum atomic E-state index is 0.710. The molecule has 0 saturated heterocycles. The third-order valence-corrected chi connectivity index (χ3v) is 3.58. The van der Waals surface area contributed by atoms with Crippen molar-refractivity contribution >= 4 is 0 Å². The maximum absolute atomic E-state index is 3.44. The minimum absolute atomic E-state index is 0.710. The van der Waals surface area contributed by atoms with Gasteiger partial charge in [0, 0.05) is 0 Å². The molecule has 0 aromatic heterocycles. The summed E-state index contributed by atoms with van der Waals surface area (Å²) in [6, 6.07) is 10.8. The Hall–Kier alpha value is -1.08. The monoisotopic (exact) mass is 273 g/mol. The molecular weight excluding hydrogens is 242 g/mol. The Morgan fingerprint density at radius 3 is 2.65 bits per heavy atom. The van der Waals surface area contributed by atoms with Crippen LogP contribution in [0.3, 0.4) is 0 Å². The van der Waals surface area contributed by atoms with Gasteiger partial charge in [0.15, 0.2) is 0 Å². The van der Waals surface area contributed by atoms with E-state index in [1.165, 1.54) is 44.1 Å². The van der Waals surface area contributed by atoms with Crippen LogP contribution in [0, 0.1) is 5.92 Å². The summed E-state index contributed by atoms with van der Waals surface area (Å²) in [6.07, 6.45) is 12.2. The zero-order valence-corrected chi connectivity index (χ0v) is 13.3. The number of aryl methyl sites for hydroxylation is 1. The fourth-order valence-electron chi connectivity index (χ4n) is 2.34. The smallest absolute Gasteiger partial charge is 0.00460 e. The van der Waals surface area contributed by atoms with Gasteiger partial charge in [0.25, 0.3) is 0 Å². The molecule has 1 nitrogen and oxygen atoms in total. The molecule has 0 radical (unpaired) electrons. The van der Waals surface area contributed by atoms with Gasteiger partial charge >= 0.3 is 0 Å². The van der Waals surface area contributed by atoms with Crippen molar-refractivity contribution in [3.63, 3.8) is 0 Å². The summed E-state index contributed by atoms with van der Waals surface area (Å²) < 4.78 is 0. The number of hydrogen-bond donors (Lipinski definition) is 1. The summed E-state index contributed by atoms with van der Waals surface area (Å²) in [5.41, 5.74) is 1.46. The number of nitrogens with one attached hydrogen (secondary N) is 1. The van der Waals surface area contributed by atoms with Gasteiger partial charge in [-0.3, -0.25) is 0 Å². The molecule has 0 spiro atoms. The zero-order valence-electron chi connectivity index (χ0n) is 13.3. The van der Waals surface area contributed by atoms with Crippen molar-refractivity contribution in [1.82, 2.24) is 5.32 Å². The molecular formula is C19H31N. The second kappa shape index (κ2) is 11.7. The number of unbranched alkanes of at least 4 members (excludes halogenated alkanes) is 1. The van der Waals surface area contributed by atoms with E-state index in [4.69, 9.17) is 0 Å². The average molecular weight is 273 g/mol. The van der Waals surface area contributed by atoms with E-state index in [1.807, 2.05) is 0 Å². The van der Waals surface area contributed by atoms with E-state index in [1.54, 1.807) is 0 Å². The van der Waals surface area contributed by atoms with Crippen molar-refractivity contribution in [2.24, 2.45) is 5.92 Å². The molecule has 1 aromatic rings. The molecule has 0 bridgehead atoms. The van der Waals surface area contributed by atoms with Crippen LogP contribution in [0.25, 0.3) is 0 Å². The van der Waals surface area contributed by atoms with Crippen molar-refractivity contribution in [2.45, 2.75) is 52.4 Å². The van der Waals surface area contributed by atoms with Gasteiger partial charge in [0.2, 0.25) is 0 Å².